The number of carbonyl (C=O) groups is 1. The topological polar surface area (TPSA) is 37.3 Å². The van der Waals surface area contributed by atoms with Crippen LogP contribution >= 0.6 is 11.6 Å². The third-order valence-electron chi connectivity index (χ3n) is 9.18. The van der Waals surface area contributed by atoms with Crippen molar-refractivity contribution >= 4 is 17.4 Å². The van der Waals surface area contributed by atoms with E-state index in [1.807, 2.05) is 0 Å². The molecule has 3 heteroatoms. The molecule has 0 aromatic heterocycles. The first-order valence-corrected chi connectivity index (χ1v) is 9.83. The maximum atomic E-state index is 12.1. The molecule has 0 bridgehead atoms. The van der Waals surface area contributed by atoms with Gasteiger partial charge in [0.25, 0.3) is 0 Å². The average molecular weight is 335 g/mol. The molecule has 0 heterocycles. The molecule has 0 radical (unpaired) electrons. The number of hydrogen-bond donors (Lipinski definition) is 1. The molecule has 5 rings (SSSR count). The molecule has 23 heavy (non-hydrogen) atoms. The van der Waals surface area contributed by atoms with Crippen molar-refractivity contribution in [2.75, 3.05) is 0 Å². The fourth-order valence-electron chi connectivity index (χ4n) is 7.85. The number of fused-ring (bicyclic) bond motifs is 3. The summed E-state index contributed by atoms with van der Waals surface area (Å²) < 4.78 is 0. The highest BCUT2D eigenvalue weighted by Gasteiger charge is 2.77. The lowest BCUT2D eigenvalue weighted by Crippen LogP contribution is -2.53. The molecular formula is C20H27ClO2. The Kier molecular flexibility index (Phi) is 2.76. The number of allylic oxidation sites excluding steroid dienone is 1. The van der Waals surface area contributed by atoms with Gasteiger partial charge in [0.1, 0.15) is 0 Å². The molecule has 0 saturated heterocycles. The molecule has 0 unspecified atom stereocenters. The van der Waals surface area contributed by atoms with E-state index in [-0.39, 0.29) is 22.7 Å². The van der Waals surface area contributed by atoms with Crippen LogP contribution in [-0.2, 0) is 4.79 Å². The van der Waals surface area contributed by atoms with Crippen LogP contribution in [0.5, 0.6) is 0 Å². The SMILES string of the molecule is C[C@]12CCC(=O)C(Cl)=C1CC[C@@H]1[C@@H]2CC[C@]2(C)[C@@H](O)C[C@@H]3C[C@]312. The summed E-state index contributed by atoms with van der Waals surface area (Å²) in [5.74, 6) is 2.31. The summed E-state index contributed by atoms with van der Waals surface area (Å²) in [4.78, 5) is 12.1. The molecule has 4 saturated carbocycles. The van der Waals surface area contributed by atoms with Gasteiger partial charge in [0, 0.05) is 6.42 Å². The number of halogens is 1. The van der Waals surface area contributed by atoms with Gasteiger partial charge in [-0.05, 0) is 84.5 Å². The number of ketones is 1. The van der Waals surface area contributed by atoms with Crippen LogP contribution in [0.15, 0.2) is 10.6 Å². The van der Waals surface area contributed by atoms with E-state index in [2.05, 4.69) is 13.8 Å². The van der Waals surface area contributed by atoms with Crippen molar-refractivity contribution < 1.29 is 9.90 Å². The minimum absolute atomic E-state index is 0.0940. The van der Waals surface area contributed by atoms with Crippen LogP contribution in [0.3, 0.4) is 0 Å². The molecule has 0 amide bonds. The largest absolute Gasteiger partial charge is 0.393 e. The van der Waals surface area contributed by atoms with E-state index in [9.17, 15) is 9.90 Å². The third-order valence-corrected chi connectivity index (χ3v) is 9.61. The van der Waals surface area contributed by atoms with E-state index in [0.29, 0.717) is 22.8 Å². The normalized spacial score (nSPS) is 57.5. The fourth-order valence-corrected chi connectivity index (χ4v) is 8.26. The summed E-state index contributed by atoms with van der Waals surface area (Å²) in [6.45, 7) is 4.75. The molecule has 2 nitrogen and oxygen atoms in total. The minimum atomic E-state index is -0.0940. The smallest absolute Gasteiger partial charge is 0.174 e. The van der Waals surface area contributed by atoms with Crippen LogP contribution in [0.1, 0.15) is 65.2 Å². The molecule has 1 spiro atoms. The lowest BCUT2D eigenvalue weighted by molar-refractivity contribution is -0.120. The minimum Gasteiger partial charge on any atom is -0.393 e. The van der Waals surface area contributed by atoms with Gasteiger partial charge < -0.3 is 5.11 Å². The Morgan fingerprint density at radius 3 is 2.70 bits per heavy atom. The number of aliphatic hydroxyl groups is 1. The van der Waals surface area contributed by atoms with Crippen LogP contribution in [0.25, 0.3) is 0 Å². The second kappa shape index (κ2) is 4.25. The van der Waals surface area contributed by atoms with Crippen LogP contribution in [0, 0.1) is 34.0 Å². The van der Waals surface area contributed by atoms with E-state index in [1.165, 1.54) is 24.8 Å². The van der Waals surface area contributed by atoms with Crippen molar-refractivity contribution in [1.82, 2.24) is 0 Å². The number of hydrogen-bond acceptors (Lipinski definition) is 2. The van der Waals surface area contributed by atoms with Crippen LogP contribution in [0.2, 0.25) is 0 Å². The van der Waals surface area contributed by atoms with Crippen molar-refractivity contribution in [2.45, 2.75) is 71.3 Å². The summed E-state index contributed by atoms with van der Waals surface area (Å²) in [6, 6.07) is 0. The Labute approximate surface area is 143 Å². The number of rotatable bonds is 0. The van der Waals surface area contributed by atoms with Gasteiger partial charge in [-0.2, -0.15) is 0 Å². The van der Waals surface area contributed by atoms with Gasteiger partial charge in [0.15, 0.2) is 5.78 Å². The summed E-state index contributed by atoms with van der Waals surface area (Å²) in [7, 11) is 0. The van der Waals surface area contributed by atoms with Gasteiger partial charge in [-0.1, -0.05) is 25.4 Å². The molecule has 126 valence electrons. The first kappa shape index (κ1) is 15.0. The Hall–Kier alpha value is -0.340. The highest BCUT2D eigenvalue weighted by atomic mass is 35.5. The van der Waals surface area contributed by atoms with Gasteiger partial charge in [0.2, 0.25) is 0 Å². The number of aliphatic hydroxyl groups excluding tert-OH is 1. The molecule has 1 N–H and O–H groups in total. The van der Waals surface area contributed by atoms with Crippen molar-refractivity contribution in [3.05, 3.63) is 10.6 Å². The summed E-state index contributed by atoms with van der Waals surface area (Å²) >= 11 is 6.46. The lowest BCUT2D eigenvalue weighted by atomic mass is 9.45. The second-order valence-electron chi connectivity index (χ2n) is 9.53. The molecule has 7 atom stereocenters. The highest BCUT2D eigenvalue weighted by molar-refractivity contribution is 6.43. The van der Waals surface area contributed by atoms with Crippen molar-refractivity contribution in [3.63, 3.8) is 0 Å². The zero-order chi connectivity index (χ0) is 16.2. The maximum absolute atomic E-state index is 12.1. The zero-order valence-electron chi connectivity index (χ0n) is 14.2. The summed E-state index contributed by atoms with van der Waals surface area (Å²) in [5.41, 5.74) is 1.94. The van der Waals surface area contributed by atoms with Crippen molar-refractivity contribution in [1.29, 1.82) is 0 Å². The second-order valence-corrected chi connectivity index (χ2v) is 9.91. The van der Waals surface area contributed by atoms with Crippen LogP contribution in [0.4, 0.5) is 0 Å². The average Bonchev–Trinajstić information content (AvgIpc) is 3.17. The monoisotopic (exact) mass is 334 g/mol. The Morgan fingerprint density at radius 2 is 1.91 bits per heavy atom. The van der Waals surface area contributed by atoms with Gasteiger partial charge in [-0.25, -0.2) is 0 Å². The van der Waals surface area contributed by atoms with Crippen molar-refractivity contribution in [3.8, 4) is 0 Å². The predicted molar refractivity (Wildman–Crippen MR) is 89.9 cm³/mol. The van der Waals surface area contributed by atoms with Crippen LogP contribution in [-0.4, -0.2) is 17.0 Å². The first-order valence-electron chi connectivity index (χ1n) is 9.45. The maximum Gasteiger partial charge on any atom is 0.174 e. The molecular weight excluding hydrogens is 308 g/mol. The Balaban J connectivity index is 1.59. The van der Waals surface area contributed by atoms with Gasteiger partial charge >= 0.3 is 0 Å². The third kappa shape index (κ3) is 1.50. The van der Waals surface area contributed by atoms with Crippen LogP contribution < -0.4 is 0 Å². The molecule has 4 fully saturated rings. The molecule has 0 aromatic carbocycles. The fraction of sp³-hybridized carbons (Fsp3) is 0.850. The highest BCUT2D eigenvalue weighted by Crippen LogP contribution is 2.82. The summed E-state index contributed by atoms with van der Waals surface area (Å²) in [5, 5.41) is 11.2. The Morgan fingerprint density at radius 1 is 1.13 bits per heavy atom. The zero-order valence-corrected chi connectivity index (χ0v) is 15.0. The standard InChI is InChI=1S/C20H27ClO2/c1-18-7-6-15(22)17(21)14(18)4-3-13-12(18)5-8-19(2)16(23)9-11-10-20(11,13)19/h11-13,16,23H,3-10H2,1-2H3/t11-,12+,13-,16+,18-,19-,20+/m1/s1. The van der Waals surface area contributed by atoms with E-state index >= 15 is 0 Å². The van der Waals surface area contributed by atoms with Gasteiger partial charge in [-0.3, -0.25) is 4.79 Å². The molecule has 0 aliphatic heterocycles. The van der Waals surface area contributed by atoms with Crippen molar-refractivity contribution in [2.24, 2.45) is 34.0 Å². The predicted octanol–water partition coefficient (Wildman–Crippen LogP) is 4.45. The first-order chi connectivity index (χ1) is 10.8. The van der Waals surface area contributed by atoms with E-state index in [1.54, 1.807) is 0 Å². The van der Waals surface area contributed by atoms with Gasteiger partial charge in [-0.15, -0.1) is 0 Å². The van der Waals surface area contributed by atoms with E-state index in [4.69, 9.17) is 11.6 Å². The molecule has 0 aromatic rings. The molecule has 5 aliphatic carbocycles. The lowest BCUT2D eigenvalue weighted by Gasteiger charge is -2.59. The van der Waals surface area contributed by atoms with Gasteiger partial charge in [0.05, 0.1) is 11.1 Å². The Bertz CT molecular complexity index is 640. The number of Topliss-reactive ketones (excluding diaryl/α,β-unsaturated/α-hetero) is 1. The van der Waals surface area contributed by atoms with E-state index < -0.39 is 0 Å². The molecule has 5 aliphatic rings. The summed E-state index contributed by atoms with van der Waals surface area (Å²) in [6.07, 6.45) is 8.41. The number of carbonyl (C=O) groups excluding carboxylic acids is 1. The van der Waals surface area contributed by atoms with E-state index in [0.717, 1.165) is 37.5 Å². The quantitative estimate of drug-likeness (QED) is 0.710.